The van der Waals surface area contributed by atoms with Crippen molar-refractivity contribution in [3.05, 3.63) is 35.9 Å². The minimum absolute atomic E-state index is 0.683. The zero-order valence-electron chi connectivity index (χ0n) is 7.79. The molecule has 0 radical (unpaired) electrons. The van der Waals surface area contributed by atoms with Crippen molar-refractivity contribution in [1.82, 2.24) is 0 Å². The normalized spacial score (nSPS) is 11.6. The molecule has 0 aliphatic rings. The lowest BCUT2D eigenvalue weighted by molar-refractivity contribution is -0.224. The standard InChI is InChI=1S/C10H13FO2/c1-12-10(8-11,13-2)9-6-4-3-5-7-9/h3-7H,8H2,1-2H3. The molecule has 1 rings (SSSR count). The molecule has 0 saturated carbocycles. The molecule has 0 bridgehead atoms. The monoisotopic (exact) mass is 184 g/mol. The molecule has 0 spiro atoms. The van der Waals surface area contributed by atoms with Crippen LogP contribution in [0, 0.1) is 0 Å². The third-order valence-corrected chi connectivity index (χ3v) is 2.05. The molecule has 72 valence electrons. The van der Waals surface area contributed by atoms with Gasteiger partial charge in [-0.2, -0.15) is 0 Å². The Labute approximate surface area is 77.3 Å². The van der Waals surface area contributed by atoms with E-state index in [0.29, 0.717) is 5.56 Å². The molecular formula is C10H13FO2. The number of rotatable bonds is 4. The molecule has 0 atom stereocenters. The van der Waals surface area contributed by atoms with Gasteiger partial charge in [0.05, 0.1) is 0 Å². The van der Waals surface area contributed by atoms with Crippen molar-refractivity contribution in [2.75, 3.05) is 20.9 Å². The van der Waals surface area contributed by atoms with E-state index in [4.69, 9.17) is 9.47 Å². The summed E-state index contributed by atoms with van der Waals surface area (Å²) in [5.41, 5.74) is 0.683. The van der Waals surface area contributed by atoms with Crippen LogP contribution in [0.3, 0.4) is 0 Å². The van der Waals surface area contributed by atoms with Crippen LogP contribution in [0.5, 0.6) is 0 Å². The number of halogens is 1. The maximum atomic E-state index is 12.7. The molecular weight excluding hydrogens is 171 g/mol. The van der Waals surface area contributed by atoms with Crippen molar-refractivity contribution in [2.45, 2.75) is 5.79 Å². The summed E-state index contributed by atoms with van der Waals surface area (Å²) < 4.78 is 22.8. The van der Waals surface area contributed by atoms with Gasteiger partial charge in [-0.3, -0.25) is 0 Å². The van der Waals surface area contributed by atoms with Crippen LogP contribution >= 0.6 is 0 Å². The van der Waals surface area contributed by atoms with E-state index >= 15 is 0 Å². The Morgan fingerprint density at radius 3 is 2.08 bits per heavy atom. The molecule has 0 aliphatic heterocycles. The quantitative estimate of drug-likeness (QED) is 0.667. The number of hydrogen-bond acceptors (Lipinski definition) is 2. The van der Waals surface area contributed by atoms with Gasteiger partial charge in [0.25, 0.3) is 0 Å². The molecule has 1 aromatic carbocycles. The molecule has 0 saturated heterocycles. The summed E-state index contributed by atoms with van der Waals surface area (Å²) in [6.45, 7) is -0.704. The van der Waals surface area contributed by atoms with Crippen LogP contribution in [-0.2, 0) is 15.3 Å². The summed E-state index contributed by atoms with van der Waals surface area (Å²) in [6, 6.07) is 9.03. The number of benzene rings is 1. The molecule has 0 aliphatic carbocycles. The second-order valence-corrected chi connectivity index (χ2v) is 2.66. The van der Waals surface area contributed by atoms with Gasteiger partial charge >= 0.3 is 0 Å². The van der Waals surface area contributed by atoms with E-state index in [0.717, 1.165) is 0 Å². The molecule has 0 fully saturated rings. The number of methoxy groups -OCH3 is 2. The first kappa shape index (κ1) is 10.2. The van der Waals surface area contributed by atoms with Crippen molar-refractivity contribution in [2.24, 2.45) is 0 Å². The van der Waals surface area contributed by atoms with Gasteiger partial charge in [0.15, 0.2) is 0 Å². The van der Waals surface area contributed by atoms with Gasteiger partial charge in [-0.15, -0.1) is 0 Å². The van der Waals surface area contributed by atoms with Crippen LogP contribution in [0.1, 0.15) is 5.56 Å². The van der Waals surface area contributed by atoms with Gasteiger partial charge in [-0.1, -0.05) is 30.3 Å². The van der Waals surface area contributed by atoms with Crippen molar-refractivity contribution < 1.29 is 13.9 Å². The molecule has 1 aromatic rings. The molecule has 13 heavy (non-hydrogen) atoms. The lowest BCUT2D eigenvalue weighted by atomic mass is 10.1. The topological polar surface area (TPSA) is 18.5 Å². The Balaban J connectivity index is 3.01. The molecule has 2 nitrogen and oxygen atoms in total. The maximum Gasteiger partial charge on any atom is 0.223 e. The molecule has 0 heterocycles. The van der Waals surface area contributed by atoms with Gasteiger partial charge in [0.1, 0.15) is 6.67 Å². The predicted octanol–water partition coefficient (Wildman–Crippen LogP) is 2.10. The SMILES string of the molecule is COC(CF)(OC)c1ccccc1. The summed E-state index contributed by atoms with van der Waals surface area (Å²) in [5, 5.41) is 0. The van der Waals surface area contributed by atoms with E-state index in [2.05, 4.69) is 0 Å². The average Bonchev–Trinajstić information content (AvgIpc) is 2.23. The molecule has 3 heteroatoms. The Hall–Kier alpha value is -0.930. The lowest BCUT2D eigenvalue weighted by Gasteiger charge is -2.27. The van der Waals surface area contributed by atoms with Crippen LogP contribution < -0.4 is 0 Å². The third-order valence-electron chi connectivity index (χ3n) is 2.05. The zero-order valence-corrected chi connectivity index (χ0v) is 7.79. The van der Waals surface area contributed by atoms with Gasteiger partial charge in [-0.25, -0.2) is 4.39 Å². The highest BCUT2D eigenvalue weighted by Crippen LogP contribution is 2.25. The van der Waals surface area contributed by atoms with Crippen molar-refractivity contribution in [3.8, 4) is 0 Å². The first-order chi connectivity index (χ1) is 6.29. The highest BCUT2D eigenvalue weighted by Gasteiger charge is 2.31. The fourth-order valence-electron chi connectivity index (χ4n) is 1.20. The summed E-state index contributed by atoms with van der Waals surface area (Å²) in [4.78, 5) is 0. The first-order valence-corrected chi connectivity index (χ1v) is 4.01. The molecule has 0 aromatic heterocycles. The minimum atomic E-state index is -1.25. The second-order valence-electron chi connectivity index (χ2n) is 2.66. The first-order valence-electron chi connectivity index (χ1n) is 4.01. The summed E-state index contributed by atoms with van der Waals surface area (Å²) in [6.07, 6.45) is 0. The van der Waals surface area contributed by atoms with Crippen LogP contribution in [-0.4, -0.2) is 20.9 Å². The summed E-state index contributed by atoms with van der Waals surface area (Å²) in [5.74, 6) is -1.25. The van der Waals surface area contributed by atoms with Crippen molar-refractivity contribution in [3.63, 3.8) is 0 Å². The summed E-state index contributed by atoms with van der Waals surface area (Å²) >= 11 is 0. The van der Waals surface area contributed by atoms with E-state index in [1.165, 1.54) is 14.2 Å². The largest absolute Gasteiger partial charge is 0.347 e. The number of ether oxygens (including phenoxy) is 2. The smallest absolute Gasteiger partial charge is 0.223 e. The van der Waals surface area contributed by atoms with Crippen molar-refractivity contribution in [1.29, 1.82) is 0 Å². The Morgan fingerprint density at radius 2 is 1.69 bits per heavy atom. The van der Waals surface area contributed by atoms with Gasteiger partial charge < -0.3 is 9.47 Å². The van der Waals surface area contributed by atoms with E-state index in [1.807, 2.05) is 18.2 Å². The zero-order chi connectivity index (χ0) is 9.73. The van der Waals surface area contributed by atoms with E-state index in [-0.39, 0.29) is 0 Å². The highest BCUT2D eigenvalue weighted by molar-refractivity contribution is 5.20. The van der Waals surface area contributed by atoms with E-state index < -0.39 is 12.5 Å². The van der Waals surface area contributed by atoms with Crippen LogP contribution in [0.2, 0.25) is 0 Å². The van der Waals surface area contributed by atoms with Gasteiger partial charge in [0.2, 0.25) is 5.79 Å². The van der Waals surface area contributed by atoms with Crippen LogP contribution in [0.4, 0.5) is 4.39 Å². The second kappa shape index (κ2) is 4.35. The fourth-order valence-corrected chi connectivity index (χ4v) is 1.20. The number of hydrogen-bond donors (Lipinski definition) is 0. The predicted molar refractivity (Wildman–Crippen MR) is 48.1 cm³/mol. The fraction of sp³-hybridized carbons (Fsp3) is 0.400. The van der Waals surface area contributed by atoms with Crippen LogP contribution in [0.15, 0.2) is 30.3 Å². The maximum absolute atomic E-state index is 12.7. The molecule has 0 amide bonds. The van der Waals surface area contributed by atoms with Crippen LogP contribution in [0.25, 0.3) is 0 Å². The van der Waals surface area contributed by atoms with Gasteiger partial charge in [0, 0.05) is 19.8 Å². The highest BCUT2D eigenvalue weighted by atomic mass is 19.1. The molecule has 0 unspecified atom stereocenters. The molecule has 0 N–H and O–H groups in total. The third kappa shape index (κ3) is 1.87. The van der Waals surface area contributed by atoms with E-state index in [1.54, 1.807) is 12.1 Å². The minimum Gasteiger partial charge on any atom is -0.347 e. The number of alkyl halides is 1. The Morgan fingerprint density at radius 1 is 1.15 bits per heavy atom. The van der Waals surface area contributed by atoms with E-state index in [9.17, 15) is 4.39 Å². The lowest BCUT2D eigenvalue weighted by Crippen LogP contribution is -2.33. The van der Waals surface area contributed by atoms with Gasteiger partial charge in [-0.05, 0) is 0 Å². The average molecular weight is 184 g/mol. The van der Waals surface area contributed by atoms with Crippen molar-refractivity contribution >= 4 is 0 Å². The summed E-state index contributed by atoms with van der Waals surface area (Å²) in [7, 11) is 2.85. The Bertz CT molecular complexity index is 236. The Kier molecular flexibility index (Phi) is 3.39.